The molecular formula is C19H28F2N2O2. The Morgan fingerprint density at radius 3 is 2.60 bits per heavy atom. The summed E-state index contributed by atoms with van der Waals surface area (Å²) >= 11 is 0. The summed E-state index contributed by atoms with van der Waals surface area (Å²) in [4.78, 5) is 4.69. The van der Waals surface area contributed by atoms with E-state index in [0.717, 1.165) is 57.7 Å². The monoisotopic (exact) mass is 354 g/mol. The van der Waals surface area contributed by atoms with Gasteiger partial charge in [0.1, 0.15) is 0 Å². The second-order valence-electron chi connectivity index (χ2n) is 7.49. The Balaban J connectivity index is 1.57. The van der Waals surface area contributed by atoms with E-state index in [4.69, 9.17) is 4.74 Å². The molecule has 2 aliphatic heterocycles. The summed E-state index contributed by atoms with van der Waals surface area (Å²) in [5.41, 5.74) is 0.981. The van der Waals surface area contributed by atoms with Gasteiger partial charge >= 0.3 is 0 Å². The number of likely N-dealkylation sites (tertiary alicyclic amines) is 2. The molecule has 1 N–H and O–H groups in total. The van der Waals surface area contributed by atoms with E-state index in [-0.39, 0.29) is 12.0 Å². The fourth-order valence-electron chi connectivity index (χ4n) is 4.41. The Hall–Kier alpha value is -1.08. The first-order valence-electron chi connectivity index (χ1n) is 9.05. The number of hydrogen-bond acceptors (Lipinski definition) is 4. The molecule has 2 heterocycles. The van der Waals surface area contributed by atoms with Crippen LogP contribution in [0.15, 0.2) is 18.2 Å². The highest BCUT2D eigenvalue weighted by molar-refractivity contribution is 5.18. The topological polar surface area (TPSA) is 35.9 Å². The summed E-state index contributed by atoms with van der Waals surface area (Å²) in [6, 6.07) is 4.14. The standard InChI is InChI=1S/C19H28F2N2O2/c1-25-9-8-23-12-16(13-24)19(14-23)4-6-22(7-5-19)11-15-2-3-17(20)18(21)10-15/h2-3,10,16,24H,4-9,11-14H2,1H3. The minimum absolute atomic E-state index is 0.174. The molecule has 3 rings (SSSR count). The Bertz CT molecular complexity index is 577. The molecule has 2 aliphatic rings. The quantitative estimate of drug-likeness (QED) is 0.849. The first-order valence-corrected chi connectivity index (χ1v) is 9.05. The molecule has 1 spiro atoms. The first-order chi connectivity index (χ1) is 12.1. The van der Waals surface area contributed by atoms with Crippen LogP contribution >= 0.6 is 0 Å². The zero-order valence-electron chi connectivity index (χ0n) is 14.9. The fraction of sp³-hybridized carbons (Fsp3) is 0.684. The van der Waals surface area contributed by atoms with Crippen LogP contribution in [0.4, 0.5) is 8.78 Å². The molecule has 4 nitrogen and oxygen atoms in total. The van der Waals surface area contributed by atoms with Crippen LogP contribution in [0.3, 0.4) is 0 Å². The lowest BCUT2D eigenvalue weighted by Crippen LogP contribution is -2.44. The summed E-state index contributed by atoms with van der Waals surface area (Å²) in [7, 11) is 1.71. The van der Waals surface area contributed by atoms with Crippen LogP contribution in [0, 0.1) is 23.0 Å². The fourth-order valence-corrected chi connectivity index (χ4v) is 4.41. The van der Waals surface area contributed by atoms with Crippen LogP contribution in [0.25, 0.3) is 0 Å². The molecule has 1 unspecified atom stereocenters. The van der Waals surface area contributed by atoms with Crippen LogP contribution in [0.2, 0.25) is 0 Å². The largest absolute Gasteiger partial charge is 0.396 e. The van der Waals surface area contributed by atoms with Crippen molar-refractivity contribution < 1.29 is 18.6 Å². The zero-order chi connectivity index (χ0) is 17.9. The molecule has 1 atom stereocenters. The lowest BCUT2D eigenvalue weighted by atomic mass is 9.71. The van der Waals surface area contributed by atoms with Crippen molar-refractivity contribution >= 4 is 0 Å². The van der Waals surface area contributed by atoms with Gasteiger partial charge in [-0.3, -0.25) is 4.90 Å². The molecular weight excluding hydrogens is 326 g/mol. The van der Waals surface area contributed by atoms with Gasteiger partial charge in [0.15, 0.2) is 11.6 Å². The number of ether oxygens (including phenoxy) is 1. The van der Waals surface area contributed by atoms with Gasteiger partial charge in [-0.1, -0.05) is 6.07 Å². The SMILES string of the molecule is COCCN1CC(CO)C2(CCN(Cc3ccc(F)c(F)c3)CC2)C1. The third kappa shape index (κ3) is 4.19. The third-order valence-electron chi connectivity index (χ3n) is 5.96. The van der Waals surface area contributed by atoms with Crippen molar-refractivity contribution in [1.29, 1.82) is 0 Å². The van der Waals surface area contributed by atoms with Crippen molar-refractivity contribution in [3.8, 4) is 0 Å². The molecule has 2 saturated heterocycles. The maximum atomic E-state index is 13.4. The van der Waals surface area contributed by atoms with Gasteiger partial charge < -0.3 is 14.7 Å². The highest BCUT2D eigenvalue weighted by atomic mass is 19.2. The van der Waals surface area contributed by atoms with Crippen molar-refractivity contribution in [3.63, 3.8) is 0 Å². The Kier molecular flexibility index (Phi) is 6.04. The summed E-state index contributed by atoms with van der Waals surface area (Å²) in [6.07, 6.45) is 2.07. The van der Waals surface area contributed by atoms with Crippen molar-refractivity contribution in [2.45, 2.75) is 19.4 Å². The van der Waals surface area contributed by atoms with Crippen LogP contribution in [-0.2, 0) is 11.3 Å². The predicted octanol–water partition coefficient (Wildman–Crippen LogP) is 2.12. The number of halogens is 2. The second-order valence-corrected chi connectivity index (χ2v) is 7.49. The lowest BCUT2D eigenvalue weighted by molar-refractivity contribution is 0.0476. The average Bonchev–Trinajstić information content (AvgIpc) is 2.96. The van der Waals surface area contributed by atoms with Gasteiger partial charge in [-0.25, -0.2) is 8.78 Å². The van der Waals surface area contributed by atoms with Crippen molar-refractivity contribution in [1.82, 2.24) is 9.80 Å². The highest BCUT2D eigenvalue weighted by Crippen LogP contribution is 2.44. The zero-order valence-corrected chi connectivity index (χ0v) is 14.9. The Labute approximate surface area is 148 Å². The van der Waals surface area contributed by atoms with Gasteiger partial charge in [0.05, 0.1) is 6.61 Å². The van der Waals surface area contributed by atoms with Gasteiger partial charge in [0, 0.05) is 45.8 Å². The molecule has 0 aliphatic carbocycles. The highest BCUT2D eigenvalue weighted by Gasteiger charge is 2.47. The van der Waals surface area contributed by atoms with E-state index in [1.54, 1.807) is 13.2 Å². The smallest absolute Gasteiger partial charge is 0.159 e. The molecule has 6 heteroatoms. The van der Waals surface area contributed by atoms with E-state index in [0.29, 0.717) is 12.5 Å². The van der Waals surface area contributed by atoms with Gasteiger partial charge in [0.2, 0.25) is 0 Å². The molecule has 1 aromatic rings. The first kappa shape index (κ1) is 18.7. The Morgan fingerprint density at radius 1 is 1.20 bits per heavy atom. The maximum Gasteiger partial charge on any atom is 0.159 e. The van der Waals surface area contributed by atoms with Crippen molar-refractivity contribution in [2.24, 2.45) is 11.3 Å². The van der Waals surface area contributed by atoms with E-state index in [1.165, 1.54) is 12.1 Å². The maximum absolute atomic E-state index is 13.4. The normalized spacial score (nSPS) is 24.2. The van der Waals surface area contributed by atoms with Gasteiger partial charge in [-0.15, -0.1) is 0 Å². The van der Waals surface area contributed by atoms with Crippen molar-refractivity contribution in [2.75, 3.05) is 53.0 Å². The molecule has 140 valence electrons. The van der Waals surface area contributed by atoms with E-state index < -0.39 is 11.6 Å². The minimum Gasteiger partial charge on any atom is -0.396 e. The minimum atomic E-state index is -0.797. The Morgan fingerprint density at radius 2 is 1.96 bits per heavy atom. The number of nitrogens with zero attached hydrogens (tertiary/aromatic N) is 2. The van der Waals surface area contributed by atoms with Gasteiger partial charge in [0.25, 0.3) is 0 Å². The number of aliphatic hydroxyl groups is 1. The molecule has 0 bridgehead atoms. The third-order valence-corrected chi connectivity index (χ3v) is 5.96. The summed E-state index contributed by atoms with van der Waals surface area (Å²) < 4.78 is 31.6. The number of hydrogen-bond donors (Lipinski definition) is 1. The predicted molar refractivity (Wildman–Crippen MR) is 92.2 cm³/mol. The van der Waals surface area contributed by atoms with Crippen LogP contribution in [0.1, 0.15) is 18.4 Å². The van der Waals surface area contributed by atoms with E-state index in [9.17, 15) is 13.9 Å². The number of benzene rings is 1. The second kappa shape index (κ2) is 8.08. The lowest BCUT2D eigenvalue weighted by Gasteiger charge is -2.42. The van der Waals surface area contributed by atoms with Gasteiger partial charge in [-0.2, -0.15) is 0 Å². The van der Waals surface area contributed by atoms with Crippen LogP contribution < -0.4 is 0 Å². The molecule has 2 fully saturated rings. The number of aliphatic hydroxyl groups excluding tert-OH is 1. The molecule has 0 saturated carbocycles. The molecule has 0 amide bonds. The molecule has 0 aromatic heterocycles. The number of methoxy groups -OCH3 is 1. The van der Waals surface area contributed by atoms with Gasteiger partial charge in [-0.05, 0) is 49.0 Å². The molecule has 25 heavy (non-hydrogen) atoms. The van der Waals surface area contributed by atoms with E-state index >= 15 is 0 Å². The average molecular weight is 354 g/mol. The number of piperidine rings is 1. The number of rotatable bonds is 6. The summed E-state index contributed by atoms with van der Waals surface area (Å²) in [6.45, 7) is 6.30. The van der Waals surface area contributed by atoms with E-state index in [1.807, 2.05) is 0 Å². The molecule has 0 radical (unpaired) electrons. The van der Waals surface area contributed by atoms with Crippen LogP contribution in [0.5, 0.6) is 0 Å². The van der Waals surface area contributed by atoms with E-state index in [2.05, 4.69) is 9.80 Å². The van der Waals surface area contributed by atoms with Crippen molar-refractivity contribution in [3.05, 3.63) is 35.4 Å². The summed E-state index contributed by atoms with van der Waals surface area (Å²) in [5, 5.41) is 9.84. The molecule has 1 aromatic carbocycles. The van der Waals surface area contributed by atoms with Crippen LogP contribution in [-0.4, -0.2) is 68.0 Å². The summed E-state index contributed by atoms with van der Waals surface area (Å²) in [5.74, 6) is -1.26.